The third-order valence-electron chi connectivity index (χ3n) is 4.86. The van der Waals surface area contributed by atoms with Crippen molar-refractivity contribution in [2.45, 2.75) is 19.3 Å². The van der Waals surface area contributed by atoms with Gasteiger partial charge >= 0.3 is 0 Å². The molecule has 0 amide bonds. The average molecular weight is 360 g/mol. The number of piperidine rings is 1. The van der Waals surface area contributed by atoms with Crippen LogP contribution in [0.2, 0.25) is 0 Å². The van der Waals surface area contributed by atoms with Crippen LogP contribution in [0, 0.1) is 0 Å². The largest absolute Gasteiger partial charge is 0.372 e. The number of rotatable bonds is 5. The summed E-state index contributed by atoms with van der Waals surface area (Å²) in [6.45, 7) is 2.21. The SMILES string of the molecule is O=CC(=O)c1cc(Nc2ccc(N3CCCCC3)cc2)cc2cncnc12. The van der Waals surface area contributed by atoms with Gasteiger partial charge in [0.15, 0.2) is 6.29 Å². The molecular formula is C21H20N4O2. The van der Waals surface area contributed by atoms with Crippen LogP contribution in [-0.4, -0.2) is 35.1 Å². The number of hydrogen-bond acceptors (Lipinski definition) is 6. The second-order valence-electron chi connectivity index (χ2n) is 6.69. The van der Waals surface area contributed by atoms with Gasteiger partial charge in [0, 0.05) is 41.7 Å². The van der Waals surface area contributed by atoms with Crippen LogP contribution in [0.15, 0.2) is 48.9 Å². The zero-order valence-corrected chi connectivity index (χ0v) is 14.9. The zero-order chi connectivity index (χ0) is 18.6. The summed E-state index contributed by atoms with van der Waals surface area (Å²) in [6, 6.07) is 11.8. The number of aldehydes is 1. The van der Waals surface area contributed by atoms with Crippen LogP contribution in [0.25, 0.3) is 10.9 Å². The Labute approximate surface area is 157 Å². The molecule has 0 unspecified atom stereocenters. The molecule has 0 spiro atoms. The number of anilines is 3. The van der Waals surface area contributed by atoms with Gasteiger partial charge in [-0.1, -0.05) is 0 Å². The highest BCUT2D eigenvalue weighted by Crippen LogP contribution is 2.27. The van der Waals surface area contributed by atoms with Gasteiger partial charge in [0.05, 0.1) is 11.1 Å². The number of carbonyl (C=O) groups is 2. The third-order valence-corrected chi connectivity index (χ3v) is 4.86. The number of benzene rings is 2. The van der Waals surface area contributed by atoms with Crippen LogP contribution in [0.3, 0.4) is 0 Å². The molecule has 2 aromatic carbocycles. The number of Topliss-reactive ketones (excluding diaryl/α,β-unsaturated/α-hetero) is 1. The van der Waals surface area contributed by atoms with Crippen molar-refractivity contribution in [3.05, 3.63) is 54.5 Å². The van der Waals surface area contributed by atoms with Crippen molar-refractivity contribution in [1.82, 2.24) is 9.97 Å². The normalized spacial score (nSPS) is 14.1. The van der Waals surface area contributed by atoms with Crippen LogP contribution >= 0.6 is 0 Å². The molecule has 6 heteroatoms. The molecule has 4 rings (SSSR count). The summed E-state index contributed by atoms with van der Waals surface area (Å²) >= 11 is 0. The monoisotopic (exact) mass is 360 g/mol. The highest BCUT2D eigenvalue weighted by Gasteiger charge is 2.13. The molecule has 1 aromatic heterocycles. The zero-order valence-electron chi connectivity index (χ0n) is 14.9. The van der Waals surface area contributed by atoms with Gasteiger partial charge in [-0.2, -0.15) is 0 Å². The van der Waals surface area contributed by atoms with E-state index in [1.165, 1.54) is 31.3 Å². The van der Waals surface area contributed by atoms with Gasteiger partial charge in [-0.05, 0) is 55.7 Å². The van der Waals surface area contributed by atoms with E-state index in [2.05, 4.69) is 32.3 Å². The van der Waals surface area contributed by atoms with Gasteiger partial charge in [-0.25, -0.2) is 9.97 Å². The Kier molecular flexibility index (Phi) is 4.78. The van der Waals surface area contributed by atoms with E-state index < -0.39 is 5.78 Å². The number of ketones is 1. The molecule has 1 aliphatic heterocycles. The predicted octanol–water partition coefficient (Wildman–Crippen LogP) is 3.75. The fraction of sp³-hybridized carbons (Fsp3) is 0.238. The van der Waals surface area contributed by atoms with E-state index >= 15 is 0 Å². The maximum Gasteiger partial charge on any atom is 0.227 e. The molecule has 0 aliphatic carbocycles. The van der Waals surface area contributed by atoms with Gasteiger partial charge in [-0.15, -0.1) is 0 Å². The lowest BCUT2D eigenvalue weighted by molar-refractivity contribution is -0.104. The summed E-state index contributed by atoms with van der Waals surface area (Å²) in [5, 5.41) is 4.01. The molecule has 2 heterocycles. The second-order valence-corrected chi connectivity index (χ2v) is 6.69. The summed E-state index contributed by atoms with van der Waals surface area (Å²) in [6.07, 6.45) is 7.11. The minimum atomic E-state index is -0.595. The van der Waals surface area contributed by atoms with E-state index in [1.807, 2.05) is 18.2 Å². The minimum Gasteiger partial charge on any atom is -0.372 e. The summed E-state index contributed by atoms with van der Waals surface area (Å²) in [7, 11) is 0. The van der Waals surface area contributed by atoms with Crippen molar-refractivity contribution in [1.29, 1.82) is 0 Å². The standard InChI is InChI=1S/C21H20N4O2/c26-13-20(27)19-11-17(10-15-12-22-14-23-21(15)19)24-16-4-6-18(7-5-16)25-8-2-1-3-9-25/h4-7,10-14,24H,1-3,8-9H2. The summed E-state index contributed by atoms with van der Waals surface area (Å²) in [5.74, 6) is -0.595. The molecule has 0 saturated carbocycles. The number of hydrogen-bond donors (Lipinski definition) is 1. The van der Waals surface area contributed by atoms with E-state index in [-0.39, 0.29) is 5.56 Å². The van der Waals surface area contributed by atoms with Crippen molar-refractivity contribution in [2.75, 3.05) is 23.3 Å². The Morgan fingerprint density at radius 1 is 1.04 bits per heavy atom. The first-order chi connectivity index (χ1) is 13.2. The molecule has 3 aromatic rings. The topological polar surface area (TPSA) is 75.2 Å². The Balaban J connectivity index is 1.61. The first-order valence-corrected chi connectivity index (χ1v) is 9.10. The number of nitrogens with one attached hydrogen (secondary N) is 1. The van der Waals surface area contributed by atoms with E-state index in [0.29, 0.717) is 22.9 Å². The van der Waals surface area contributed by atoms with Crippen molar-refractivity contribution in [3.63, 3.8) is 0 Å². The number of aromatic nitrogens is 2. The lowest BCUT2D eigenvalue weighted by Gasteiger charge is -2.28. The highest BCUT2D eigenvalue weighted by molar-refractivity contribution is 6.36. The smallest absolute Gasteiger partial charge is 0.227 e. The number of fused-ring (bicyclic) bond motifs is 1. The van der Waals surface area contributed by atoms with Gasteiger partial charge in [-0.3, -0.25) is 9.59 Å². The van der Waals surface area contributed by atoms with E-state index in [4.69, 9.17) is 0 Å². The van der Waals surface area contributed by atoms with Crippen molar-refractivity contribution in [3.8, 4) is 0 Å². The van der Waals surface area contributed by atoms with Crippen molar-refractivity contribution >= 4 is 40.0 Å². The van der Waals surface area contributed by atoms with Crippen molar-refractivity contribution < 1.29 is 9.59 Å². The fourth-order valence-corrected chi connectivity index (χ4v) is 3.50. The molecule has 1 saturated heterocycles. The molecule has 0 bridgehead atoms. The Bertz CT molecular complexity index is 979. The first kappa shape index (κ1) is 17.1. The van der Waals surface area contributed by atoms with Crippen molar-refractivity contribution in [2.24, 2.45) is 0 Å². The maximum atomic E-state index is 12.0. The second kappa shape index (κ2) is 7.53. The molecule has 0 radical (unpaired) electrons. The Hall–Kier alpha value is -3.28. The summed E-state index contributed by atoms with van der Waals surface area (Å²) in [5.41, 5.74) is 3.61. The average Bonchev–Trinajstić information content (AvgIpc) is 2.74. The van der Waals surface area contributed by atoms with Crippen LogP contribution in [-0.2, 0) is 4.79 Å². The molecule has 1 aliphatic rings. The van der Waals surface area contributed by atoms with Crippen LogP contribution in [0.1, 0.15) is 29.6 Å². The van der Waals surface area contributed by atoms with Gasteiger partial charge < -0.3 is 10.2 Å². The van der Waals surface area contributed by atoms with Gasteiger partial charge in [0.2, 0.25) is 5.78 Å². The Morgan fingerprint density at radius 2 is 1.81 bits per heavy atom. The minimum absolute atomic E-state index is 0.275. The van der Waals surface area contributed by atoms with Crippen LogP contribution in [0.4, 0.5) is 17.1 Å². The lowest BCUT2D eigenvalue weighted by Crippen LogP contribution is -2.29. The molecule has 6 nitrogen and oxygen atoms in total. The summed E-state index contributed by atoms with van der Waals surface area (Å²) < 4.78 is 0. The fourth-order valence-electron chi connectivity index (χ4n) is 3.50. The quantitative estimate of drug-likeness (QED) is 0.424. The van der Waals surface area contributed by atoms with Crippen LogP contribution < -0.4 is 10.2 Å². The number of nitrogens with zero attached hydrogens (tertiary/aromatic N) is 3. The predicted molar refractivity (Wildman–Crippen MR) is 106 cm³/mol. The van der Waals surface area contributed by atoms with E-state index in [0.717, 1.165) is 18.8 Å². The molecular weight excluding hydrogens is 340 g/mol. The molecule has 1 N–H and O–H groups in total. The molecule has 0 atom stereocenters. The first-order valence-electron chi connectivity index (χ1n) is 9.10. The molecule has 1 fully saturated rings. The van der Waals surface area contributed by atoms with Gasteiger partial charge in [0.25, 0.3) is 0 Å². The lowest BCUT2D eigenvalue weighted by atomic mass is 10.1. The van der Waals surface area contributed by atoms with E-state index in [9.17, 15) is 9.59 Å². The molecule has 136 valence electrons. The third kappa shape index (κ3) is 3.65. The van der Waals surface area contributed by atoms with Gasteiger partial charge in [0.1, 0.15) is 6.33 Å². The maximum absolute atomic E-state index is 12.0. The number of carbonyl (C=O) groups excluding carboxylic acids is 2. The highest BCUT2D eigenvalue weighted by atomic mass is 16.2. The molecule has 27 heavy (non-hydrogen) atoms. The Morgan fingerprint density at radius 3 is 2.56 bits per heavy atom. The van der Waals surface area contributed by atoms with Crippen LogP contribution in [0.5, 0.6) is 0 Å². The van der Waals surface area contributed by atoms with E-state index in [1.54, 1.807) is 12.3 Å². The summed E-state index contributed by atoms with van der Waals surface area (Å²) in [4.78, 5) is 33.5.